The Morgan fingerprint density at radius 1 is 1.14 bits per heavy atom. The number of hydrogen-bond acceptors (Lipinski definition) is 6. The highest BCUT2D eigenvalue weighted by atomic mass is 32.2. The summed E-state index contributed by atoms with van der Waals surface area (Å²) in [5.74, 6) is -0.968. The van der Waals surface area contributed by atoms with Crippen LogP contribution in [-0.4, -0.2) is 51.2 Å². The second-order valence-corrected chi connectivity index (χ2v) is 8.34. The number of anilines is 1. The summed E-state index contributed by atoms with van der Waals surface area (Å²) in [7, 11) is -2.24. The minimum atomic E-state index is -3.77. The summed E-state index contributed by atoms with van der Waals surface area (Å²) >= 11 is 0. The number of sulfonamides is 1. The van der Waals surface area contributed by atoms with Crippen molar-refractivity contribution in [2.45, 2.75) is 18.7 Å². The Kier molecular flexibility index (Phi) is 5.69. The highest BCUT2D eigenvalue weighted by molar-refractivity contribution is 7.90. The van der Waals surface area contributed by atoms with Crippen molar-refractivity contribution in [1.29, 1.82) is 0 Å². The molecule has 0 fully saturated rings. The van der Waals surface area contributed by atoms with Gasteiger partial charge in [0.15, 0.2) is 12.4 Å². The van der Waals surface area contributed by atoms with Gasteiger partial charge in [0, 0.05) is 18.3 Å². The Hall–Kier alpha value is -3.20. The Morgan fingerprint density at radius 2 is 1.86 bits per heavy atom. The molecule has 0 aliphatic carbocycles. The minimum absolute atomic E-state index is 0.100. The maximum atomic E-state index is 12.1. The van der Waals surface area contributed by atoms with Gasteiger partial charge >= 0.3 is 5.97 Å². The van der Waals surface area contributed by atoms with E-state index < -0.39 is 28.5 Å². The van der Waals surface area contributed by atoms with Crippen molar-refractivity contribution in [1.82, 2.24) is 4.90 Å². The fourth-order valence-corrected chi connectivity index (χ4v) is 4.22. The van der Waals surface area contributed by atoms with E-state index in [1.807, 2.05) is 26.0 Å². The van der Waals surface area contributed by atoms with Gasteiger partial charge in [0.2, 0.25) is 0 Å². The van der Waals surface area contributed by atoms with Crippen molar-refractivity contribution >= 4 is 33.4 Å². The number of ether oxygens (including phenoxy) is 1. The molecule has 0 saturated carbocycles. The number of aryl methyl sites for hydroxylation is 2. The summed E-state index contributed by atoms with van der Waals surface area (Å²) in [4.78, 5) is 25.6. The zero-order valence-electron chi connectivity index (χ0n) is 16.3. The standard InChI is InChI=1S/C20H21N3O5S/c1-13-8-9-16(14(2)10-13)21-18(24)12-28-19(25)11-23(3)20-15-6-4-5-7-17(15)29(26,27)22-20/h4-10H,11-12H2,1-3H3,(H,21,24). The molecule has 0 spiro atoms. The average molecular weight is 415 g/mol. The second-order valence-electron chi connectivity index (χ2n) is 6.77. The highest BCUT2D eigenvalue weighted by Crippen LogP contribution is 2.26. The van der Waals surface area contributed by atoms with Crippen LogP contribution in [-0.2, 0) is 24.3 Å². The van der Waals surface area contributed by atoms with Gasteiger partial charge < -0.3 is 15.0 Å². The molecule has 1 heterocycles. The zero-order chi connectivity index (χ0) is 21.2. The molecule has 0 saturated heterocycles. The first-order valence-electron chi connectivity index (χ1n) is 8.85. The second kappa shape index (κ2) is 8.04. The Balaban J connectivity index is 1.56. The van der Waals surface area contributed by atoms with E-state index in [2.05, 4.69) is 9.71 Å². The van der Waals surface area contributed by atoms with Crippen molar-refractivity contribution in [3.63, 3.8) is 0 Å². The summed E-state index contributed by atoms with van der Waals surface area (Å²) in [5.41, 5.74) is 3.06. The molecule has 0 radical (unpaired) electrons. The maximum Gasteiger partial charge on any atom is 0.326 e. The van der Waals surface area contributed by atoms with E-state index in [1.165, 1.54) is 18.0 Å². The van der Waals surface area contributed by atoms with Gasteiger partial charge in [0.25, 0.3) is 15.9 Å². The van der Waals surface area contributed by atoms with Gasteiger partial charge in [-0.25, -0.2) is 0 Å². The van der Waals surface area contributed by atoms with Crippen LogP contribution in [0.15, 0.2) is 51.8 Å². The largest absolute Gasteiger partial charge is 0.454 e. The molecule has 0 bridgehead atoms. The summed E-state index contributed by atoms with van der Waals surface area (Å²) in [6.45, 7) is 3.13. The molecule has 29 heavy (non-hydrogen) atoms. The lowest BCUT2D eigenvalue weighted by molar-refractivity contribution is -0.147. The van der Waals surface area contributed by atoms with Crippen LogP contribution in [0.4, 0.5) is 5.69 Å². The molecule has 152 valence electrons. The lowest BCUT2D eigenvalue weighted by atomic mass is 10.1. The number of amidine groups is 1. The van der Waals surface area contributed by atoms with Crippen molar-refractivity contribution in [2.24, 2.45) is 4.40 Å². The first-order valence-corrected chi connectivity index (χ1v) is 10.3. The van der Waals surface area contributed by atoms with E-state index in [4.69, 9.17) is 4.74 Å². The van der Waals surface area contributed by atoms with Crippen LogP contribution in [0.25, 0.3) is 0 Å². The topological polar surface area (TPSA) is 105 Å². The Labute approximate surface area is 169 Å². The molecule has 8 nitrogen and oxygen atoms in total. The molecule has 0 atom stereocenters. The van der Waals surface area contributed by atoms with Crippen molar-refractivity contribution in [2.75, 3.05) is 25.5 Å². The van der Waals surface area contributed by atoms with E-state index in [0.29, 0.717) is 11.3 Å². The van der Waals surface area contributed by atoms with Crippen molar-refractivity contribution in [3.8, 4) is 0 Å². The van der Waals surface area contributed by atoms with Gasteiger partial charge in [-0.1, -0.05) is 29.8 Å². The SMILES string of the molecule is Cc1ccc(NC(=O)COC(=O)CN(C)C2=NS(=O)(=O)c3ccccc32)c(C)c1. The quantitative estimate of drug-likeness (QED) is 0.748. The summed E-state index contributed by atoms with van der Waals surface area (Å²) in [6, 6.07) is 12.0. The number of carbonyl (C=O) groups is 2. The van der Waals surface area contributed by atoms with E-state index >= 15 is 0 Å². The van der Waals surface area contributed by atoms with Gasteiger partial charge in [-0.05, 0) is 37.6 Å². The van der Waals surface area contributed by atoms with E-state index in [9.17, 15) is 18.0 Å². The zero-order valence-corrected chi connectivity index (χ0v) is 17.1. The summed E-state index contributed by atoms with van der Waals surface area (Å²) in [6.07, 6.45) is 0. The smallest absolute Gasteiger partial charge is 0.326 e. The van der Waals surface area contributed by atoms with Crippen molar-refractivity contribution < 1.29 is 22.7 Å². The molecule has 2 aromatic rings. The van der Waals surface area contributed by atoms with Crippen LogP contribution in [0.2, 0.25) is 0 Å². The number of nitrogens with one attached hydrogen (secondary N) is 1. The number of benzene rings is 2. The predicted molar refractivity (Wildman–Crippen MR) is 108 cm³/mol. The molecule has 0 unspecified atom stereocenters. The summed E-state index contributed by atoms with van der Waals surface area (Å²) < 4.78 is 33.0. The first-order chi connectivity index (χ1) is 13.7. The minimum Gasteiger partial charge on any atom is -0.454 e. The van der Waals surface area contributed by atoms with Crippen LogP contribution < -0.4 is 5.32 Å². The van der Waals surface area contributed by atoms with Crippen LogP contribution in [0, 0.1) is 13.8 Å². The molecule has 3 rings (SSSR count). The van der Waals surface area contributed by atoms with Gasteiger partial charge in [-0.2, -0.15) is 8.42 Å². The number of esters is 1. The van der Waals surface area contributed by atoms with Crippen molar-refractivity contribution in [3.05, 3.63) is 59.2 Å². The third-order valence-corrected chi connectivity index (χ3v) is 5.69. The average Bonchev–Trinajstić information content (AvgIpc) is 2.94. The fourth-order valence-electron chi connectivity index (χ4n) is 2.96. The first kappa shape index (κ1) is 20.5. The van der Waals surface area contributed by atoms with E-state index in [1.54, 1.807) is 24.3 Å². The molecule has 1 aliphatic heterocycles. The lowest BCUT2D eigenvalue weighted by Crippen LogP contribution is -2.34. The van der Waals surface area contributed by atoms with Crippen LogP contribution >= 0.6 is 0 Å². The summed E-state index contributed by atoms with van der Waals surface area (Å²) in [5, 5.41) is 2.69. The monoisotopic (exact) mass is 415 g/mol. The molecular weight excluding hydrogens is 394 g/mol. The number of amides is 1. The highest BCUT2D eigenvalue weighted by Gasteiger charge is 2.31. The lowest BCUT2D eigenvalue weighted by Gasteiger charge is -2.18. The van der Waals surface area contributed by atoms with E-state index in [-0.39, 0.29) is 17.3 Å². The van der Waals surface area contributed by atoms with Crippen LogP contribution in [0.5, 0.6) is 0 Å². The van der Waals surface area contributed by atoms with Gasteiger partial charge in [0.05, 0.1) is 0 Å². The third kappa shape index (κ3) is 4.62. The maximum absolute atomic E-state index is 12.1. The molecule has 2 aromatic carbocycles. The van der Waals surface area contributed by atoms with Crippen LogP contribution in [0.3, 0.4) is 0 Å². The Morgan fingerprint density at radius 3 is 2.59 bits per heavy atom. The van der Waals surface area contributed by atoms with E-state index in [0.717, 1.165) is 11.1 Å². The molecule has 0 aromatic heterocycles. The van der Waals surface area contributed by atoms with Gasteiger partial charge in [-0.3, -0.25) is 9.59 Å². The number of hydrogen-bond donors (Lipinski definition) is 1. The normalized spacial score (nSPS) is 14.0. The molecular formula is C20H21N3O5S. The number of nitrogens with zero attached hydrogens (tertiary/aromatic N) is 2. The fraction of sp³-hybridized carbons (Fsp3) is 0.250. The molecule has 1 amide bonds. The number of likely N-dealkylation sites (N-methyl/N-ethyl adjacent to an activating group) is 1. The number of rotatable bonds is 5. The number of carbonyl (C=O) groups excluding carboxylic acids is 2. The molecule has 9 heteroatoms. The van der Waals surface area contributed by atoms with Gasteiger partial charge in [0.1, 0.15) is 11.4 Å². The molecule has 1 aliphatic rings. The predicted octanol–water partition coefficient (Wildman–Crippen LogP) is 1.87. The molecule has 1 N–H and O–H groups in total. The third-order valence-electron chi connectivity index (χ3n) is 4.36. The van der Waals surface area contributed by atoms with Crippen LogP contribution in [0.1, 0.15) is 16.7 Å². The number of fused-ring (bicyclic) bond motifs is 1. The van der Waals surface area contributed by atoms with Gasteiger partial charge in [-0.15, -0.1) is 4.40 Å². The Bertz CT molecular complexity index is 1110.